The summed E-state index contributed by atoms with van der Waals surface area (Å²) in [4.78, 5) is 28.5. The summed E-state index contributed by atoms with van der Waals surface area (Å²) in [6.07, 6.45) is 1.67. The first-order valence-corrected chi connectivity index (χ1v) is 14.5. The van der Waals surface area contributed by atoms with Gasteiger partial charge in [-0.3, -0.25) is 13.9 Å². The van der Waals surface area contributed by atoms with E-state index in [1.54, 1.807) is 36.4 Å². The summed E-state index contributed by atoms with van der Waals surface area (Å²) in [6, 6.07) is 23.2. The SMILES string of the molecule is CCCNC(=O)[C@H](CC)N(CCc1ccccc1)C(=O)CN(c1cccc(Cl)c1)S(=O)(=O)c1ccccc1. The van der Waals surface area contributed by atoms with Crippen LogP contribution in [0.3, 0.4) is 0 Å². The van der Waals surface area contributed by atoms with Crippen molar-refractivity contribution < 1.29 is 18.0 Å². The Kier molecular flexibility index (Phi) is 10.7. The van der Waals surface area contributed by atoms with Gasteiger partial charge in [-0.2, -0.15) is 0 Å². The number of hydrogen-bond donors (Lipinski definition) is 1. The van der Waals surface area contributed by atoms with E-state index in [1.165, 1.54) is 23.1 Å². The summed E-state index contributed by atoms with van der Waals surface area (Å²) in [5, 5.41) is 3.23. The van der Waals surface area contributed by atoms with Crippen LogP contribution in [-0.4, -0.2) is 50.8 Å². The van der Waals surface area contributed by atoms with Gasteiger partial charge >= 0.3 is 0 Å². The highest BCUT2D eigenvalue weighted by Crippen LogP contribution is 2.26. The minimum atomic E-state index is -4.11. The maximum atomic E-state index is 13.9. The number of amides is 2. The second-order valence-electron chi connectivity index (χ2n) is 8.84. The fourth-order valence-electron chi connectivity index (χ4n) is 4.14. The van der Waals surface area contributed by atoms with Crippen molar-refractivity contribution in [3.8, 4) is 0 Å². The van der Waals surface area contributed by atoms with Gasteiger partial charge in [0.15, 0.2) is 0 Å². The van der Waals surface area contributed by atoms with Crippen LogP contribution in [0.2, 0.25) is 5.02 Å². The van der Waals surface area contributed by atoms with Gasteiger partial charge in [0, 0.05) is 18.1 Å². The lowest BCUT2D eigenvalue weighted by atomic mass is 10.1. The summed E-state index contributed by atoms with van der Waals surface area (Å²) >= 11 is 6.19. The van der Waals surface area contributed by atoms with Crippen LogP contribution in [0.5, 0.6) is 0 Å². The Morgan fingerprint density at radius 3 is 2.18 bits per heavy atom. The largest absolute Gasteiger partial charge is 0.354 e. The molecule has 0 aromatic heterocycles. The Bertz CT molecular complexity index is 1300. The molecule has 1 N–H and O–H groups in total. The van der Waals surface area contributed by atoms with E-state index in [0.717, 1.165) is 16.3 Å². The van der Waals surface area contributed by atoms with Gasteiger partial charge in [0.1, 0.15) is 12.6 Å². The van der Waals surface area contributed by atoms with Crippen molar-refractivity contribution in [2.24, 2.45) is 0 Å². The van der Waals surface area contributed by atoms with Crippen LogP contribution >= 0.6 is 11.6 Å². The van der Waals surface area contributed by atoms with Crippen molar-refractivity contribution in [2.75, 3.05) is 23.9 Å². The minimum absolute atomic E-state index is 0.0522. The van der Waals surface area contributed by atoms with Crippen LogP contribution in [-0.2, 0) is 26.0 Å². The number of rotatable bonds is 13. The number of sulfonamides is 1. The maximum absolute atomic E-state index is 13.9. The zero-order chi connectivity index (χ0) is 27.5. The molecule has 0 aliphatic rings. The summed E-state index contributed by atoms with van der Waals surface area (Å²) in [6.45, 7) is 4.07. The van der Waals surface area contributed by atoms with Crippen molar-refractivity contribution >= 4 is 39.1 Å². The van der Waals surface area contributed by atoms with Gasteiger partial charge in [-0.15, -0.1) is 0 Å². The molecule has 0 saturated heterocycles. The smallest absolute Gasteiger partial charge is 0.264 e. The van der Waals surface area contributed by atoms with Crippen molar-refractivity contribution in [2.45, 2.75) is 44.0 Å². The zero-order valence-electron chi connectivity index (χ0n) is 21.7. The second kappa shape index (κ2) is 14.0. The third kappa shape index (κ3) is 7.58. The first-order valence-electron chi connectivity index (χ1n) is 12.7. The number of benzene rings is 3. The van der Waals surface area contributed by atoms with Crippen LogP contribution < -0.4 is 9.62 Å². The number of nitrogens with one attached hydrogen (secondary N) is 1. The molecule has 0 heterocycles. The average Bonchev–Trinajstić information content (AvgIpc) is 2.93. The third-order valence-corrected chi connectivity index (χ3v) is 8.15. The first-order chi connectivity index (χ1) is 18.3. The standard InChI is InChI=1S/C29H34ClN3O4S/c1-3-19-31-29(35)27(4-2)32(20-18-23-12-7-5-8-13-23)28(34)22-33(25-15-11-14-24(30)21-25)38(36,37)26-16-9-6-10-17-26/h5-17,21,27H,3-4,18-20,22H2,1-2H3,(H,31,35)/t27-/m0/s1. The van der Waals surface area contributed by atoms with Gasteiger partial charge in [0.05, 0.1) is 10.6 Å². The predicted molar refractivity (Wildman–Crippen MR) is 152 cm³/mol. The lowest BCUT2D eigenvalue weighted by molar-refractivity contribution is -0.139. The molecule has 9 heteroatoms. The van der Waals surface area contributed by atoms with E-state index in [0.29, 0.717) is 24.4 Å². The van der Waals surface area contributed by atoms with Crippen LogP contribution in [0.1, 0.15) is 32.3 Å². The fraction of sp³-hybridized carbons (Fsp3) is 0.310. The fourth-order valence-corrected chi connectivity index (χ4v) is 5.75. The molecule has 3 aromatic rings. The number of carbonyl (C=O) groups is 2. The lowest BCUT2D eigenvalue weighted by Crippen LogP contribution is -2.53. The zero-order valence-corrected chi connectivity index (χ0v) is 23.3. The molecule has 0 unspecified atom stereocenters. The number of halogens is 1. The van der Waals surface area contributed by atoms with E-state index in [4.69, 9.17) is 11.6 Å². The Morgan fingerprint density at radius 1 is 0.921 bits per heavy atom. The molecular weight excluding hydrogens is 522 g/mol. The van der Waals surface area contributed by atoms with Gasteiger partial charge in [-0.25, -0.2) is 8.42 Å². The molecule has 2 amide bonds. The molecule has 3 aromatic carbocycles. The van der Waals surface area contributed by atoms with Crippen LogP contribution in [0.4, 0.5) is 5.69 Å². The highest BCUT2D eigenvalue weighted by atomic mass is 35.5. The molecule has 7 nitrogen and oxygen atoms in total. The summed E-state index contributed by atoms with van der Waals surface area (Å²) in [5.41, 5.74) is 1.28. The van der Waals surface area contributed by atoms with E-state index in [2.05, 4.69) is 5.32 Å². The normalized spacial score (nSPS) is 12.0. The number of hydrogen-bond acceptors (Lipinski definition) is 4. The molecule has 0 bridgehead atoms. The minimum Gasteiger partial charge on any atom is -0.354 e. The van der Waals surface area contributed by atoms with Crippen LogP contribution in [0.15, 0.2) is 89.8 Å². The molecule has 38 heavy (non-hydrogen) atoms. The molecule has 0 saturated carbocycles. The summed E-state index contributed by atoms with van der Waals surface area (Å²) < 4.78 is 28.5. The van der Waals surface area contributed by atoms with E-state index < -0.39 is 28.5 Å². The molecular formula is C29H34ClN3O4S. The van der Waals surface area contributed by atoms with Crippen molar-refractivity contribution in [1.82, 2.24) is 10.2 Å². The number of carbonyl (C=O) groups excluding carboxylic acids is 2. The quantitative estimate of drug-likeness (QED) is 0.324. The van der Waals surface area contributed by atoms with Gasteiger partial charge in [0.25, 0.3) is 10.0 Å². The summed E-state index contributed by atoms with van der Waals surface area (Å²) in [5.74, 6) is -0.727. The number of anilines is 1. The average molecular weight is 556 g/mol. The first kappa shape index (κ1) is 29.2. The Morgan fingerprint density at radius 2 is 1.58 bits per heavy atom. The highest BCUT2D eigenvalue weighted by molar-refractivity contribution is 7.92. The predicted octanol–water partition coefficient (Wildman–Crippen LogP) is 4.91. The monoisotopic (exact) mass is 555 g/mol. The summed E-state index contributed by atoms with van der Waals surface area (Å²) in [7, 11) is -4.11. The Hall–Kier alpha value is -3.36. The van der Waals surface area contributed by atoms with E-state index in [-0.39, 0.29) is 23.0 Å². The van der Waals surface area contributed by atoms with E-state index >= 15 is 0 Å². The van der Waals surface area contributed by atoms with Gasteiger partial charge in [-0.05, 0) is 55.2 Å². The Balaban J connectivity index is 1.98. The third-order valence-electron chi connectivity index (χ3n) is 6.13. The molecule has 0 aliphatic carbocycles. The lowest BCUT2D eigenvalue weighted by Gasteiger charge is -2.33. The van der Waals surface area contributed by atoms with Crippen LogP contribution in [0, 0.1) is 0 Å². The van der Waals surface area contributed by atoms with E-state index in [9.17, 15) is 18.0 Å². The molecule has 3 rings (SSSR count). The maximum Gasteiger partial charge on any atom is 0.264 e. The van der Waals surface area contributed by atoms with Crippen LogP contribution in [0.25, 0.3) is 0 Å². The molecule has 202 valence electrons. The van der Waals surface area contributed by atoms with Crippen molar-refractivity contribution in [3.63, 3.8) is 0 Å². The topological polar surface area (TPSA) is 86.8 Å². The molecule has 0 aliphatic heterocycles. The van der Waals surface area contributed by atoms with Gasteiger partial charge in [0.2, 0.25) is 11.8 Å². The number of nitrogens with zero attached hydrogens (tertiary/aromatic N) is 2. The van der Waals surface area contributed by atoms with E-state index in [1.807, 2.05) is 44.2 Å². The molecule has 0 fully saturated rings. The Labute approximate surface area is 230 Å². The highest BCUT2D eigenvalue weighted by Gasteiger charge is 2.33. The molecule has 0 spiro atoms. The molecule has 1 atom stereocenters. The van der Waals surface area contributed by atoms with Crippen molar-refractivity contribution in [3.05, 3.63) is 95.5 Å². The second-order valence-corrected chi connectivity index (χ2v) is 11.1. The van der Waals surface area contributed by atoms with Gasteiger partial charge in [-0.1, -0.05) is 80.0 Å². The van der Waals surface area contributed by atoms with Gasteiger partial charge < -0.3 is 10.2 Å². The van der Waals surface area contributed by atoms with Crippen molar-refractivity contribution in [1.29, 1.82) is 0 Å². The molecule has 0 radical (unpaired) electrons.